The quantitative estimate of drug-likeness (QED) is 0.683. The Hall–Kier alpha value is -1.28. The van der Waals surface area contributed by atoms with Crippen LogP contribution in [0.25, 0.3) is 5.57 Å². The van der Waals surface area contributed by atoms with E-state index in [1.807, 2.05) is 18.2 Å². The highest BCUT2D eigenvalue weighted by Crippen LogP contribution is 2.39. The maximum atomic E-state index is 6.18. The highest BCUT2D eigenvalue weighted by Gasteiger charge is 2.26. The van der Waals surface area contributed by atoms with Gasteiger partial charge in [-0.15, -0.1) is 0 Å². The Balaban J connectivity index is 1.35. The highest BCUT2D eigenvalue weighted by atomic mass is 35.5. The molecule has 0 radical (unpaired) electrons. The summed E-state index contributed by atoms with van der Waals surface area (Å²) in [6.45, 7) is 3.41. The second-order valence-electron chi connectivity index (χ2n) is 6.82. The molecule has 0 bridgehead atoms. The third-order valence-electron chi connectivity index (χ3n) is 5.15. The summed E-state index contributed by atoms with van der Waals surface area (Å²) >= 11 is 12.2. The molecular weight excluding hydrogens is 337 g/mol. The van der Waals surface area contributed by atoms with Gasteiger partial charge < -0.3 is 0 Å². The van der Waals surface area contributed by atoms with Crippen LogP contribution in [0.2, 0.25) is 10.0 Å². The van der Waals surface area contributed by atoms with Gasteiger partial charge in [-0.05, 0) is 84.3 Å². The van der Waals surface area contributed by atoms with Crippen LogP contribution in [0, 0.1) is 0 Å². The number of benzene rings is 2. The van der Waals surface area contributed by atoms with Crippen molar-refractivity contribution in [3.8, 4) is 0 Å². The molecule has 1 nitrogen and oxygen atoms in total. The zero-order chi connectivity index (χ0) is 16.5. The molecular formula is C21H21Cl2N. The first-order valence-electron chi connectivity index (χ1n) is 8.65. The van der Waals surface area contributed by atoms with E-state index in [1.165, 1.54) is 23.1 Å². The first kappa shape index (κ1) is 16.2. The van der Waals surface area contributed by atoms with Crippen molar-refractivity contribution in [3.63, 3.8) is 0 Å². The van der Waals surface area contributed by atoms with Crippen molar-refractivity contribution in [1.29, 1.82) is 0 Å². The standard InChI is InChI=1S/C21H21Cl2N/c22-18-5-1-3-15(11-18)4-2-9-24-10-8-20-17(14-24)12-16-6-7-19(23)13-21(16)20/h1,3,5-7,11,13H,2,4,8-10,12,14H2. The molecule has 0 saturated carbocycles. The fourth-order valence-electron chi connectivity index (χ4n) is 3.98. The minimum atomic E-state index is 0.836. The number of hydrogen-bond donors (Lipinski definition) is 0. The lowest BCUT2D eigenvalue weighted by molar-refractivity contribution is 0.289. The zero-order valence-corrected chi connectivity index (χ0v) is 15.2. The van der Waals surface area contributed by atoms with E-state index in [2.05, 4.69) is 29.2 Å². The summed E-state index contributed by atoms with van der Waals surface area (Å²) in [7, 11) is 0. The fourth-order valence-corrected chi connectivity index (χ4v) is 4.37. The van der Waals surface area contributed by atoms with Gasteiger partial charge in [0.05, 0.1) is 0 Å². The first-order valence-corrected chi connectivity index (χ1v) is 9.41. The Kier molecular flexibility index (Phi) is 4.67. The lowest BCUT2D eigenvalue weighted by atomic mass is 9.99. The van der Waals surface area contributed by atoms with E-state index >= 15 is 0 Å². The van der Waals surface area contributed by atoms with E-state index in [4.69, 9.17) is 23.2 Å². The molecule has 24 heavy (non-hydrogen) atoms. The fraction of sp³-hybridized carbons (Fsp3) is 0.333. The lowest BCUT2D eigenvalue weighted by Crippen LogP contribution is -2.32. The van der Waals surface area contributed by atoms with E-state index in [0.717, 1.165) is 48.9 Å². The highest BCUT2D eigenvalue weighted by molar-refractivity contribution is 6.31. The van der Waals surface area contributed by atoms with Gasteiger partial charge in [-0.3, -0.25) is 4.90 Å². The molecule has 4 rings (SSSR count). The number of aryl methyl sites for hydroxylation is 1. The average Bonchev–Trinajstić information content (AvgIpc) is 2.92. The molecule has 2 aromatic rings. The van der Waals surface area contributed by atoms with Crippen molar-refractivity contribution in [3.05, 3.63) is 74.8 Å². The van der Waals surface area contributed by atoms with Crippen molar-refractivity contribution in [2.24, 2.45) is 0 Å². The number of rotatable bonds is 4. The predicted octanol–water partition coefficient (Wildman–Crippen LogP) is 5.64. The lowest BCUT2D eigenvalue weighted by Gasteiger charge is -2.28. The molecule has 0 amide bonds. The van der Waals surface area contributed by atoms with Gasteiger partial charge in [0.2, 0.25) is 0 Å². The first-order chi connectivity index (χ1) is 11.7. The summed E-state index contributed by atoms with van der Waals surface area (Å²) < 4.78 is 0. The molecule has 1 aliphatic carbocycles. The smallest absolute Gasteiger partial charge is 0.0412 e. The second-order valence-corrected chi connectivity index (χ2v) is 7.69. The molecule has 0 atom stereocenters. The molecule has 1 heterocycles. The van der Waals surface area contributed by atoms with Crippen LogP contribution < -0.4 is 0 Å². The Bertz CT molecular complexity index is 794. The van der Waals surface area contributed by atoms with Crippen LogP contribution in [0.4, 0.5) is 0 Å². The van der Waals surface area contributed by atoms with Crippen LogP contribution in [0.5, 0.6) is 0 Å². The van der Waals surface area contributed by atoms with Gasteiger partial charge in [0.1, 0.15) is 0 Å². The molecule has 0 unspecified atom stereocenters. The van der Waals surface area contributed by atoms with E-state index < -0.39 is 0 Å². The predicted molar refractivity (Wildman–Crippen MR) is 103 cm³/mol. The third-order valence-corrected chi connectivity index (χ3v) is 5.62. The number of halogens is 2. The molecule has 0 saturated heterocycles. The molecule has 0 N–H and O–H groups in total. The van der Waals surface area contributed by atoms with Crippen LogP contribution in [-0.4, -0.2) is 24.5 Å². The monoisotopic (exact) mass is 357 g/mol. The number of hydrogen-bond acceptors (Lipinski definition) is 1. The molecule has 124 valence electrons. The Morgan fingerprint density at radius 1 is 1.00 bits per heavy atom. The third kappa shape index (κ3) is 3.39. The second kappa shape index (κ2) is 6.92. The van der Waals surface area contributed by atoms with Crippen molar-refractivity contribution >= 4 is 28.8 Å². The van der Waals surface area contributed by atoms with Gasteiger partial charge in [0.15, 0.2) is 0 Å². The van der Waals surface area contributed by atoms with Crippen LogP contribution >= 0.6 is 23.2 Å². The summed E-state index contributed by atoms with van der Waals surface area (Å²) in [5.74, 6) is 0. The van der Waals surface area contributed by atoms with Crippen molar-refractivity contribution in [1.82, 2.24) is 4.90 Å². The van der Waals surface area contributed by atoms with Gasteiger partial charge in [-0.25, -0.2) is 0 Å². The van der Waals surface area contributed by atoms with Crippen LogP contribution in [-0.2, 0) is 12.8 Å². The van der Waals surface area contributed by atoms with Crippen LogP contribution in [0.3, 0.4) is 0 Å². The maximum absolute atomic E-state index is 6.18. The molecule has 2 aliphatic rings. The Morgan fingerprint density at radius 2 is 1.88 bits per heavy atom. The molecule has 1 aliphatic heterocycles. The Labute approximate surface area is 153 Å². The summed E-state index contributed by atoms with van der Waals surface area (Å²) in [5.41, 5.74) is 7.34. The molecule has 0 aromatic heterocycles. The van der Waals surface area contributed by atoms with Gasteiger partial charge >= 0.3 is 0 Å². The van der Waals surface area contributed by atoms with E-state index in [-0.39, 0.29) is 0 Å². The van der Waals surface area contributed by atoms with Gasteiger partial charge in [-0.1, -0.05) is 41.4 Å². The van der Waals surface area contributed by atoms with Gasteiger partial charge in [0.25, 0.3) is 0 Å². The number of fused-ring (bicyclic) bond motifs is 2. The summed E-state index contributed by atoms with van der Waals surface area (Å²) in [4.78, 5) is 2.59. The van der Waals surface area contributed by atoms with E-state index in [9.17, 15) is 0 Å². The van der Waals surface area contributed by atoms with Crippen LogP contribution in [0.15, 0.2) is 48.0 Å². The maximum Gasteiger partial charge on any atom is 0.0412 e. The minimum absolute atomic E-state index is 0.836. The molecule has 0 fully saturated rings. The van der Waals surface area contributed by atoms with Gasteiger partial charge in [-0.2, -0.15) is 0 Å². The van der Waals surface area contributed by atoms with E-state index in [0.29, 0.717) is 0 Å². The van der Waals surface area contributed by atoms with Crippen LogP contribution in [0.1, 0.15) is 29.5 Å². The number of nitrogens with zero attached hydrogens (tertiary/aromatic N) is 1. The molecule has 2 aromatic carbocycles. The average molecular weight is 358 g/mol. The summed E-state index contributed by atoms with van der Waals surface area (Å²) in [5, 5.41) is 1.69. The van der Waals surface area contributed by atoms with E-state index in [1.54, 1.807) is 11.1 Å². The molecule has 3 heteroatoms. The largest absolute Gasteiger partial charge is 0.299 e. The van der Waals surface area contributed by atoms with Gasteiger partial charge in [0, 0.05) is 23.1 Å². The zero-order valence-electron chi connectivity index (χ0n) is 13.7. The minimum Gasteiger partial charge on any atom is -0.299 e. The van der Waals surface area contributed by atoms with Crippen molar-refractivity contribution < 1.29 is 0 Å². The Morgan fingerprint density at radius 3 is 2.75 bits per heavy atom. The molecule has 0 spiro atoms. The normalized spacial score (nSPS) is 17.1. The summed E-state index contributed by atoms with van der Waals surface area (Å²) in [6.07, 6.45) is 4.53. The van der Waals surface area contributed by atoms with Crippen molar-refractivity contribution in [2.45, 2.75) is 25.7 Å². The topological polar surface area (TPSA) is 3.24 Å². The van der Waals surface area contributed by atoms with Crippen molar-refractivity contribution in [2.75, 3.05) is 19.6 Å². The summed E-state index contributed by atoms with van der Waals surface area (Å²) in [6, 6.07) is 14.6. The SMILES string of the molecule is Clc1cccc(CCCN2CCC3=C(Cc4ccc(Cl)cc43)C2)c1.